The van der Waals surface area contributed by atoms with Gasteiger partial charge in [0.1, 0.15) is 0 Å². The van der Waals surface area contributed by atoms with Crippen LogP contribution in [0.2, 0.25) is 0 Å². The summed E-state index contributed by atoms with van der Waals surface area (Å²) in [6.07, 6.45) is 2.99. The van der Waals surface area contributed by atoms with Crippen molar-refractivity contribution in [1.82, 2.24) is 5.32 Å². The van der Waals surface area contributed by atoms with Crippen LogP contribution in [-0.2, 0) is 4.79 Å². The Morgan fingerprint density at radius 1 is 1.46 bits per heavy atom. The van der Waals surface area contributed by atoms with Gasteiger partial charge in [-0.3, -0.25) is 4.79 Å². The van der Waals surface area contributed by atoms with Crippen LogP contribution in [0.4, 0.5) is 0 Å². The summed E-state index contributed by atoms with van der Waals surface area (Å²) in [6, 6.07) is 0.418. The van der Waals surface area contributed by atoms with Gasteiger partial charge in [-0.15, -0.1) is 0 Å². The number of carbonyl (C=O) groups is 1. The standard InChI is InChI=1S/C10H18BrNO/c1-7-3-4-9(8(7)2)12-10(13)5-6-11/h7-9H,3-6H2,1-2H3,(H,12,13). The molecule has 2 nitrogen and oxygen atoms in total. The van der Waals surface area contributed by atoms with E-state index in [0.717, 1.165) is 17.7 Å². The molecule has 0 spiro atoms. The van der Waals surface area contributed by atoms with Crippen molar-refractivity contribution >= 4 is 21.8 Å². The van der Waals surface area contributed by atoms with Crippen molar-refractivity contribution in [2.75, 3.05) is 5.33 Å². The number of alkyl halides is 1. The Morgan fingerprint density at radius 2 is 2.15 bits per heavy atom. The van der Waals surface area contributed by atoms with Crippen LogP contribution in [0.1, 0.15) is 33.1 Å². The molecule has 0 aliphatic heterocycles. The molecule has 0 radical (unpaired) electrons. The van der Waals surface area contributed by atoms with E-state index < -0.39 is 0 Å². The summed E-state index contributed by atoms with van der Waals surface area (Å²) < 4.78 is 0. The Bertz CT molecular complexity index is 184. The predicted octanol–water partition coefficient (Wildman–Crippen LogP) is 2.32. The first-order valence-corrected chi connectivity index (χ1v) is 6.12. The second-order valence-electron chi connectivity index (χ2n) is 4.03. The summed E-state index contributed by atoms with van der Waals surface area (Å²) in [6.45, 7) is 4.50. The molecule has 1 saturated carbocycles. The van der Waals surface area contributed by atoms with E-state index in [1.807, 2.05) is 0 Å². The number of amides is 1. The predicted molar refractivity (Wildman–Crippen MR) is 57.9 cm³/mol. The van der Waals surface area contributed by atoms with Crippen molar-refractivity contribution in [2.24, 2.45) is 11.8 Å². The zero-order chi connectivity index (χ0) is 9.84. The highest BCUT2D eigenvalue weighted by molar-refractivity contribution is 9.09. The van der Waals surface area contributed by atoms with E-state index in [4.69, 9.17) is 0 Å². The maximum atomic E-state index is 11.3. The van der Waals surface area contributed by atoms with Crippen molar-refractivity contribution in [3.8, 4) is 0 Å². The molecule has 1 N–H and O–H groups in total. The Balaban J connectivity index is 2.33. The van der Waals surface area contributed by atoms with Crippen LogP contribution >= 0.6 is 15.9 Å². The Kier molecular flexibility index (Phi) is 4.23. The van der Waals surface area contributed by atoms with Gasteiger partial charge in [-0.05, 0) is 24.7 Å². The lowest BCUT2D eigenvalue weighted by molar-refractivity contribution is -0.121. The summed E-state index contributed by atoms with van der Waals surface area (Å²) in [5.41, 5.74) is 0. The molecule has 1 aliphatic rings. The third kappa shape index (κ3) is 2.97. The van der Waals surface area contributed by atoms with Crippen LogP contribution < -0.4 is 5.32 Å². The van der Waals surface area contributed by atoms with E-state index in [-0.39, 0.29) is 5.91 Å². The molecular weight excluding hydrogens is 230 g/mol. The fraction of sp³-hybridized carbons (Fsp3) is 0.900. The number of nitrogens with one attached hydrogen (secondary N) is 1. The lowest BCUT2D eigenvalue weighted by Gasteiger charge is -2.19. The van der Waals surface area contributed by atoms with Crippen molar-refractivity contribution in [3.63, 3.8) is 0 Å². The van der Waals surface area contributed by atoms with Gasteiger partial charge in [-0.25, -0.2) is 0 Å². The number of carbonyl (C=O) groups excluding carboxylic acids is 1. The molecule has 0 saturated heterocycles. The average Bonchev–Trinajstić information content (AvgIpc) is 2.37. The number of halogens is 1. The average molecular weight is 248 g/mol. The molecule has 0 bridgehead atoms. The van der Waals surface area contributed by atoms with Crippen molar-refractivity contribution < 1.29 is 4.79 Å². The fourth-order valence-corrected chi connectivity index (χ4v) is 2.29. The largest absolute Gasteiger partial charge is 0.353 e. The maximum absolute atomic E-state index is 11.3. The third-order valence-electron chi connectivity index (χ3n) is 3.13. The molecule has 1 fully saturated rings. The lowest BCUT2D eigenvalue weighted by Crippen LogP contribution is -2.37. The van der Waals surface area contributed by atoms with Crippen molar-refractivity contribution in [2.45, 2.75) is 39.2 Å². The summed E-state index contributed by atoms with van der Waals surface area (Å²) in [5.74, 6) is 1.58. The normalized spacial score (nSPS) is 33.3. The summed E-state index contributed by atoms with van der Waals surface area (Å²) in [4.78, 5) is 11.3. The summed E-state index contributed by atoms with van der Waals surface area (Å²) >= 11 is 3.27. The molecule has 0 aromatic carbocycles. The molecule has 1 amide bonds. The van der Waals surface area contributed by atoms with Crippen LogP contribution in [-0.4, -0.2) is 17.3 Å². The zero-order valence-electron chi connectivity index (χ0n) is 8.35. The van der Waals surface area contributed by atoms with Crippen LogP contribution in [0.15, 0.2) is 0 Å². The quantitative estimate of drug-likeness (QED) is 0.763. The molecule has 3 heteroatoms. The van der Waals surface area contributed by atoms with E-state index in [9.17, 15) is 4.79 Å². The van der Waals surface area contributed by atoms with Crippen molar-refractivity contribution in [3.05, 3.63) is 0 Å². The third-order valence-corrected chi connectivity index (χ3v) is 3.53. The highest BCUT2D eigenvalue weighted by atomic mass is 79.9. The highest BCUT2D eigenvalue weighted by Gasteiger charge is 2.30. The van der Waals surface area contributed by atoms with E-state index in [0.29, 0.717) is 18.4 Å². The van der Waals surface area contributed by atoms with E-state index in [1.165, 1.54) is 6.42 Å². The number of rotatable bonds is 3. The topological polar surface area (TPSA) is 29.1 Å². The molecule has 1 rings (SSSR count). The molecular formula is C10H18BrNO. The Labute approximate surface area is 88.6 Å². The minimum Gasteiger partial charge on any atom is -0.353 e. The molecule has 0 aromatic rings. The Morgan fingerprint density at radius 3 is 2.62 bits per heavy atom. The van der Waals surface area contributed by atoms with E-state index >= 15 is 0 Å². The molecule has 13 heavy (non-hydrogen) atoms. The highest BCUT2D eigenvalue weighted by Crippen LogP contribution is 2.30. The fourth-order valence-electron chi connectivity index (χ4n) is 1.93. The molecule has 0 aromatic heterocycles. The van der Waals surface area contributed by atoms with Crippen LogP contribution in [0.5, 0.6) is 0 Å². The maximum Gasteiger partial charge on any atom is 0.221 e. The van der Waals surface area contributed by atoms with Crippen molar-refractivity contribution in [1.29, 1.82) is 0 Å². The molecule has 76 valence electrons. The SMILES string of the molecule is CC1CCC(NC(=O)CCBr)C1C. The van der Waals surface area contributed by atoms with Gasteiger partial charge in [0.25, 0.3) is 0 Å². The van der Waals surface area contributed by atoms with Gasteiger partial charge in [0, 0.05) is 17.8 Å². The Hall–Kier alpha value is -0.0500. The minimum absolute atomic E-state index is 0.183. The second-order valence-corrected chi connectivity index (χ2v) is 4.82. The minimum atomic E-state index is 0.183. The van der Waals surface area contributed by atoms with Gasteiger partial charge < -0.3 is 5.32 Å². The van der Waals surface area contributed by atoms with E-state index in [2.05, 4.69) is 35.1 Å². The van der Waals surface area contributed by atoms with E-state index in [1.54, 1.807) is 0 Å². The molecule has 1 aliphatic carbocycles. The van der Waals surface area contributed by atoms with Crippen LogP contribution in [0.3, 0.4) is 0 Å². The van der Waals surface area contributed by atoms with Gasteiger partial charge >= 0.3 is 0 Å². The van der Waals surface area contributed by atoms with Gasteiger partial charge in [-0.1, -0.05) is 29.8 Å². The number of hydrogen-bond donors (Lipinski definition) is 1. The second kappa shape index (κ2) is 4.99. The molecule has 3 atom stereocenters. The van der Waals surface area contributed by atoms with Crippen LogP contribution in [0.25, 0.3) is 0 Å². The zero-order valence-corrected chi connectivity index (χ0v) is 9.93. The summed E-state index contributed by atoms with van der Waals surface area (Å²) in [7, 11) is 0. The first-order chi connectivity index (χ1) is 6.15. The molecule has 3 unspecified atom stereocenters. The first-order valence-electron chi connectivity index (χ1n) is 5.00. The van der Waals surface area contributed by atoms with Gasteiger partial charge in [-0.2, -0.15) is 0 Å². The summed E-state index contributed by atoms with van der Waals surface area (Å²) in [5, 5.41) is 3.85. The lowest BCUT2D eigenvalue weighted by atomic mass is 9.98. The number of hydrogen-bond acceptors (Lipinski definition) is 1. The smallest absolute Gasteiger partial charge is 0.221 e. The monoisotopic (exact) mass is 247 g/mol. The van der Waals surface area contributed by atoms with Gasteiger partial charge in [0.05, 0.1) is 0 Å². The molecule has 0 heterocycles. The van der Waals surface area contributed by atoms with Gasteiger partial charge in [0.15, 0.2) is 0 Å². The first kappa shape index (κ1) is 11.0. The van der Waals surface area contributed by atoms with Crippen LogP contribution in [0, 0.1) is 11.8 Å². The van der Waals surface area contributed by atoms with Gasteiger partial charge in [0.2, 0.25) is 5.91 Å².